The molecule has 0 aromatic rings. The van der Waals surface area contributed by atoms with Gasteiger partial charge in [-0.2, -0.15) is 0 Å². The van der Waals surface area contributed by atoms with Crippen LogP contribution >= 0.6 is 0 Å². The van der Waals surface area contributed by atoms with Crippen LogP contribution in [0.5, 0.6) is 0 Å². The Morgan fingerprint density at radius 3 is 2.32 bits per heavy atom. The number of carbonyl (C=O) groups excluding carboxylic acids is 2. The van der Waals surface area contributed by atoms with Crippen LogP contribution in [0.2, 0.25) is 0 Å². The zero-order valence-electron chi connectivity index (χ0n) is 11.1. The number of carbonyl (C=O) groups is 3. The average Bonchev–Trinajstić information content (AvgIpc) is 3.15. The molecule has 19 heavy (non-hydrogen) atoms. The van der Waals surface area contributed by atoms with Crippen LogP contribution in [0.15, 0.2) is 0 Å². The molecule has 0 aliphatic heterocycles. The molecule has 1 aliphatic rings. The molecule has 0 heterocycles. The SMILES string of the molecule is CCCNC(=O)CCNC(=O)NCC1(C(=O)O)CC1. The molecule has 1 aliphatic carbocycles. The first-order chi connectivity index (χ1) is 9.00. The molecule has 0 aromatic heterocycles. The molecule has 0 radical (unpaired) electrons. The second-order valence-corrected chi connectivity index (χ2v) is 4.79. The number of amides is 3. The monoisotopic (exact) mass is 271 g/mol. The minimum absolute atomic E-state index is 0.105. The maximum Gasteiger partial charge on any atom is 0.314 e. The molecule has 0 atom stereocenters. The summed E-state index contributed by atoms with van der Waals surface area (Å²) in [5.41, 5.74) is -0.768. The molecule has 1 rings (SSSR count). The molecule has 1 saturated carbocycles. The van der Waals surface area contributed by atoms with Crippen molar-refractivity contribution in [1.29, 1.82) is 0 Å². The van der Waals surface area contributed by atoms with Crippen LogP contribution in [0, 0.1) is 5.41 Å². The van der Waals surface area contributed by atoms with Gasteiger partial charge in [0.25, 0.3) is 0 Å². The van der Waals surface area contributed by atoms with Crippen LogP contribution < -0.4 is 16.0 Å². The quantitative estimate of drug-likeness (QED) is 0.501. The van der Waals surface area contributed by atoms with E-state index in [1.54, 1.807) is 0 Å². The number of hydrogen-bond acceptors (Lipinski definition) is 3. The highest BCUT2D eigenvalue weighted by Gasteiger charge is 2.50. The largest absolute Gasteiger partial charge is 0.481 e. The fraction of sp³-hybridized carbons (Fsp3) is 0.750. The second-order valence-electron chi connectivity index (χ2n) is 4.79. The first-order valence-electron chi connectivity index (χ1n) is 6.52. The van der Waals surface area contributed by atoms with Crippen molar-refractivity contribution in [3.8, 4) is 0 Å². The van der Waals surface area contributed by atoms with Gasteiger partial charge in [0.15, 0.2) is 0 Å². The molecule has 7 nitrogen and oxygen atoms in total. The normalized spacial score (nSPS) is 15.4. The van der Waals surface area contributed by atoms with E-state index in [1.165, 1.54) is 0 Å². The number of hydrogen-bond donors (Lipinski definition) is 4. The van der Waals surface area contributed by atoms with Crippen LogP contribution in [0.3, 0.4) is 0 Å². The van der Waals surface area contributed by atoms with E-state index in [0.717, 1.165) is 6.42 Å². The third-order valence-corrected chi connectivity index (χ3v) is 3.10. The van der Waals surface area contributed by atoms with E-state index in [2.05, 4.69) is 16.0 Å². The van der Waals surface area contributed by atoms with E-state index in [0.29, 0.717) is 19.4 Å². The summed E-state index contributed by atoms with van der Waals surface area (Å²) in [5.74, 6) is -0.974. The number of aliphatic carboxylic acids is 1. The van der Waals surface area contributed by atoms with Crippen LogP contribution in [-0.2, 0) is 9.59 Å². The Labute approximate surface area is 112 Å². The minimum Gasteiger partial charge on any atom is -0.481 e. The Morgan fingerprint density at radius 2 is 1.79 bits per heavy atom. The van der Waals surface area contributed by atoms with Crippen molar-refractivity contribution in [3.05, 3.63) is 0 Å². The van der Waals surface area contributed by atoms with Gasteiger partial charge in [-0.25, -0.2) is 4.79 Å². The predicted octanol–water partition coefficient (Wildman–Crippen LogP) is 0.0667. The highest BCUT2D eigenvalue weighted by atomic mass is 16.4. The van der Waals surface area contributed by atoms with Crippen molar-refractivity contribution >= 4 is 17.9 Å². The number of carboxylic acids is 1. The van der Waals surface area contributed by atoms with E-state index < -0.39 is 17.4 Å². The molecule has 0 unspecified atom stereocenters. The summed E-state index contributed by atoms with van der Waals surface area (Å²) in [6.07, 6.45) is 2.29. The lowest BCUT2D eigenvalue weighted by Crippen LogP contribution is -2.41. The van der Waals surface area contributed by atoms with Crippen LogP contribution in [0.4, 0.5) is 4.79 Å². The number of carboxylic acid groups (broad SMARTS) is 1. The smallest absolute Gasteiger partial charge is 0.314 e. The number of rotatable bonds is 8. The summed E-state index contributed by atoms with van der Waals surface area (Å²) < 4.78 is 0. The third-order valence-electron chi connectivity index (χ3n) is 3.10. The summed E-state index contributed by atoms with van der Waals surface area (Å²) in [6.45, 7) is 2.96. The zero-order chi connectivity index (χ0) is 14.3. The van der Waals surface area contributed by atoms with Gasteiger partial charge in [-0.05, 0) is 19.3 Å². The summed E-state index contributed by atoms with van der Waals surface area (Å²) in [6, 6.07) is -0.434. The molecule has 108 valence electrons. The molecule has 0 saturated heterocycles. The average molecular weight is 271 g/mol. The standard InChI is InChI=1S/C12H21N3O4/c1-2-6-13-9(16)3-7-14-11(19)15-8-12(4-5-12)10(17)18/h2-8H2,1H3,(H,13,16)(H,17,18)(H2,14,15,19). The van der Waals surface area contributed by atoms with E-state index in [1.807, 2.05) is 6.92 Å². The maximum atomic E-state index is 11.4. The van der Waals surface area contributed by atoms with Crippen molar-refractivity contribution in [3.63, 3.8) is 0 Å². The van der Waals surface area contributed by atoms with Gasteiger partial charge in [-0.15, -0.1) is 0 Å². The van der Waals surface area contributed by atoms with Crippen molar-refractivity contribution in [1.82, 2.24) is 16.0 Å². The van der Waals surface area contributed by atoms with Crippen molar-refractivity contribution in [2.24, 2.45) is 5.41 Å². The Bertz CT molecular complexity index is 353. The molecule has 0 aromatic carbocycles. The zero-order valence-corrected chi connectivity index (χ0v) is 11.1. The van der Waals surface area contributed by atoms with Crippen molar-refractivity contribution < 1.29 is 19.5 Å². The van der Waals surface area contributed by atoms with Gasteiger partial charge in [0, 0.05) is 26.1 Å². The van der Waals surface area contributed by atoms with E-state index in [4.69, 9.17) is 5.11 Å². The molecule has 0 spiro atoms. The van der Waals surface area contributed by atoms with Gasteiger partial charge in [-0.3, -0.25) is 9.59 Å². The highest BCUT2D eigenvalue weighted by molar-refractivity contribution is 5.81. The Balaban J connectivity index is 2.08. The first-order valence-corrected chi connectivity index (χ1v) is 6.52. The Hall–Kier alpha value is -1.79. The topological polar surface area (TPSA) is 108 Å². The summed E-state index contributed by atoms with van der Waals surface area (Å²) in [5, 5.41) is 16.7. The van der Waals surface area contributed by atoms with Crippen LogP contribution in [0.25, 0.3) is 0 Å². The predicted molar refractivity (Wildman–Crippen MR) is 68.6 cm³/mol. The maximum absolute atomic E-state index is 11.4. The second kappa shape index (κ2) is 6.96. The Kier molecular flexibility index (Phi) is 5.59. The number of urea groups is 1. The molecule has 7 heteroatoms. The van der Waals surface area contributed by atoms with Gasteiger partial charge >= 0.3 is 12.0 Å². The molecule has 4 N–H and O–H groups in total. The summed E-state index contributed by atoms with van der Waals surface area (Å²) in [7, 11) is 0. The third kappa shape index (κ3) is 5.15. The summed E-state index contributed by atoms with van der Waals surface area (Å²) in [4.78, 5) is 33.5. The lowest BCUT2D eigenvalue weighted by Gasteiger charge is -2.12. The minimum atomic E-state index is -0.869. The molecular formula is C12H21N3O4. The van der Waals surface area contributed by atoms with Crippen molar-refractivity contribution in [2.45, 2.75) is 32.6 Å². The number of nitrogens with one attached hydrogen (secondary N) is 3. The fourth-order valence-corrected chi connectivity index (χ4v) is 1.57. The van der Waals surface area contributed by atoms with Gasteiger partial charge in [0.1, 0.15) is 0 Å². The highest BCUT2D eigenvalue weighted by Crippen LogP contribution is 2.45. The van der Waals surface area contributed by atoms with Gasteiger partial charge < -0.3 is 21.1 Å². The first kappa shape index (κ1) is 15.3. The van der Waals surface area contributed by atoms with E-state index in [9.17, 15) is 14.4 Å². The lowest BCUT2D eigenvalue weighted by molar-refractivity contribution is -0.143. The van der Waals surface area contributed by atoms with Crippen LogP contribution in [-0.4, -0.2) is 42.6 Å². The molecule has 1 fully saturated rings. The van der Waals surface area contributed by atoms with Crippen molar-refractivity contribution in [2.75, 3.05) is 19.6 Å². The van der Waals surface area contributed by atoms with E-state index in [-0.39, 0.29) is 25.4 Å². The molecule has 3 amide bonds. The molecular weight excluding hydrogens is 250 g/mol. The summed E-state index contributed by atoms with van der Waals surface area (Å²) >= 11 is 0. The lowest BCUT2D eigenvalue weighted by atomic mass is 10.1. The molecule has 0 bridgehead atoms. The fourth-order valence-electron chi connectivity index (χ4n) is 1.57. The van der Waals surface area contributed by atoms with E-state index >= 15 is 0 Å². The van der Waals surface area contributed by atoms with Gasteiger partial charge in [0.2, 0.25) is 5.91 Å². The van der Waals surface area contributed by atoms with Gasteiger partial charge in [0.05, 0.1) is 5.41 Å². The van der Waals surface area contributed by atoms with Gasteiger partial charge in [-0.1, -0.05) is 6.92 Å². The Morgan fingerprint density at radius 1 is 1.11 bits per heavy atom. The van der Waals surface area contributed by atoms with Crippen LogP contribution in [0.1, 0.15) is 32.6 Å².